The molecule has 1 amide bonds. The summed E-state index contributed by atoms with van der Waals surface area (Å²) in [5.74, 6) is 0.732. The van der Waals surface area contributed by atoms with E-state index in [0.29, 0.717) is 5.69 Å². The molecule has 0 unspecified atom stereocenters. The molecule has 1 aliphatic rings. The van der Waals surface area contributed by atoms with E-state index in [1.807, 2.05) is 24.3 Å². The molecule has 116 valence electrons. The van der Waals surface area contributed by atoms with E-state index in [1.165, 1.54) is 11.3 Å². The van der Waals surface area contributed by atoms with E-state index in [9.17, 15) is 4.79 Å². The highest BCUT2D eigenvalue weighted by atomic mass is 16.7. The molecule has 1 saturated heterocycles. The van der Waals surface area contributed by atoms with Gasteiger partial charge < -0.3 is 9.64 Å². The predicted octanol–water partition coefficient (Wildman–Crippen LogP) is 2.59. The molecule has 0 atom stereocenters. The monoisotopic (exact) mass is 301 g/mol. The molecule has 22 heavy (non-hydrogen) atoms. The van der Waals surface area contributed by atoms with Crippen molar-refractivity contribution in [3.8, 4) is 17.0 Å². The van der Waals surface area contributed by atoms with Gasteiger partial charge in [0.15, 0.2) is 0 Å². The molecule has 0 aliphatic carbocycles. The Kier molecular flexibility index (Phi) is 4.27. The first-order valence-corrected chi connectivity index (χ1v) is 7.44. The number of para-hydroxylation sites is 1. The minimum atomic E-state index is -0.352. The second-order valence-corrected chi connectivity index (χ2v) is 5.21. The van der Waals surface area contributed by atoms with E-state index >= 15 is 0 Å². The lowest BCUT2D eigenvalue weighted by atomic mass is 10.1. The van der Waals surface area contributed by atoms with Crippen LogP contribution in [0.15, 0.2) is 36.5 Å². The molecule has 6 heteroatoms. The zero-order valence-electron chi connectivity index (χ0n) is 12.6. The molecule has 0 spiro atoms. The number of rotatable bonds is 3. The summed E-state index contributed by atoms with van der Waals surface area (Å²) in [5.41, 5.74) is 1.56. The molecule has 2 aromatic rings. The maximum absolute atomic E-state index is 12.1. The number of carbonyl (C=O) groups excluding carboxylic acids is 1. The summed E-state index contributed by atoms with van der Waals surface area (Å²) in [4.78, 5) is 20.3. The minimum Gasteiger partial charge on any atom is -0.496 e. The van der Waals surface area contributed by atoms with Gasteiger partial charge in [0.1, 0.15) is 5.75 Å². The molecule has 3 rings (SSSR count). The Morgan fingerprint density at radius 2 is 1.91 bits per heavy atom. The van der Waals surface area contributed by atoms with Crippen LogP contribution < -0.4 is 9.57 Å². The molecule has 0 N–H and O–H groups in total. The van der Waals surface area contributed by atoms with Crippen molar-refractivity contribution < 1.29 is 14.4 Å². The molecule has 0 radical (unpaired) electrons. The molecule has 1 aliphatic heterocycles. The smallest absolute Gasteiger partial charge is 0.435 e. The molecule has 1 fully saturated rings. The first-order chi connectivity index (χ1) is 10.8. The normalized spacial score (nSPS) is 14.7. The summed E-state index contributed by atoms with van der Waals surface area (Å²) >= 11 is 0. The SMILES string of the molecule is COc1ccccc1-c1ccn(OC(=O)N2CCCCC2)n1. The average Bonchev–Trinajstić information content (AvgIpc) is 3.04. The average molecular weight is 301 g/mol. The van der Waals surface area contributed by atoms with E-state index in [4.69, 9.17) is 9.57 Å². The molecule has 6 nitrogen and oxygen atoms in total. The maximum Gasteiger partial charge on any atom is 0.435 e. The third-order valence-electron chi connectivity index (χ3n) is 3.74. The Morgan fingerprint density at radius 1 is 1.14 bits per heavy atom. The summed E-state index contributed by atoms with van der Waals surface area (Å²) < 4.78 is 5.32. The van der Waals surface area contributed by atoms with Crippen molar-refractivity contribution in [3.05, 3.63) is 36.5 Å². The third-order valence-corrected chi connectivity index (χ3v) is 3.74. The summed E-state index contributed by atoms with van der Waals surface area (Å²) in [5, 5.41) is 4.29. The number of likely N-dealkylation sites (tertiary alicyclic amines) is 1. The number of benzene rings is 1. The van der Waals surface area contributed by atoms with Gasteiger partial charge in [-0.3, -0.25) is 4.84 Å². The van der Waals surface area contributed by atoms with Crippen LogP contribution in [0.1, 0.15) is 19.3 Å². The van der Waals surface area contributed by atoms with Gasteiger partial charge >= 0.3 is 6.09 Å². The molecule has 0 saturated carbocycles. The third kappa shape index (κ3) is 3.05. The number of methoxy groups -OCH3 is 1. The van der Waals surface area contributed by atoms with Gasteiger partial charge in [-0.2, -0.15) is 0 Å². The number of nitrogens with zero attached hydrogens (tertiary/aromatic N) is 3. The van der Waals surface area contributed by atoms with Gasteiger partial charge in [0.25, 0.3) is 0 Å². The van der Waals surface area contributed by atoms with Gasteiger partial charge in [-0.05, 0) is 37.5 Å². The van der Waals surface area contributed by atoms with E-state index in [2.05, 4.69) is 5.10 Å². The molecular weight excluding hydrogens is 282 g/mol. The number of carbonyl (C=O) groups is 1. The molecular formula is C16H19N3O3. The first-order valence-electron chi connectivity index (χ1n) is 7.44. The fraction of sp³-hybridized carbons (Fsp3) is 0.375. The quantitative estimate of drug-likeness (QED) is 0.874. The second-order valence-electron chi connectivity index (χ2n) is 5.21. The Labute approximate surface area is 129 Å². The van der Waals surface area contributed by atoms with Crippen molar-refractivity contribution in [1.29, 1.82) is 0 Å². The Hall–Kier alpha value is -2.50. The molecule has 1 aromatic carbocycles. The summed E-state index contributed by atoms with van der Waals surface area (Å²) in [6, 6.07) is 9.39. The fourth-order valence-corrected chi connectivity index (χ4v) is 2.57. The van der Waals surface area contributed by atoms with Crippen LogP contribution in [0.5, 0.6) is 5.75 Å². The van der Waals surface area contributed by atoms with Crippen molar-refractivity contribution in [1.82, 2.24) is 14.8 Å². The van der Waals surface area contributed by atoms with Crippen LogP contribution in [0.3, 0.4) is 0 Å². The Bertz CT molecular complexity index is 648. The highest BCUT2D eigenvalue weighted by molar-refractivity contribution is 5.68. The van der Waals surface area contributed by atoms with Crippen molar-refractivity contribution in [2.75, 3.05) is 20.2 Å². The topological polar surface area (TPSA) is 56.6 Å². The zero-order valence-corrected chi connectivity index (χ0v) is 12.6. The Morgan fingerprint density at radius 3 is 2.68 bits per heavy atom. The lowest BCUT2D eigenvalue weighted by molar-refractivity contribution is 0.0733. The standard InChI is InChI=1S/C16H19N3O3/c1-21-15-8-4-3-7-13(15)14-9-12-19(17-14)22-16(20)18-10-5-2-6-11-18/h3-4,7-9,12H,2,5-6,10-11H2,1H3. The van der Waals surface area contributed by atoms with Gasteiger partial charge in [-0.1, -0.05) is 17.0 Å². The lowest BCUT2D eigenvalue weighted by Crippen LogP contribution is -2.40. The van der Waals surface area contributed by atoms with Gasteiger partial charge in [0, 0.05) is 18.7 Å². The summed E-state index contributed by atoms with van der Waals surface area (Å²) in [6.07, 6.45) is 4.50. The van der Waals surface area contributed by atoms with Crippen molar-refractivity contribution >= 4 is 6.09 Å². The molecule has 2 heterocycles. The van der Waals surface area contributed by atoms with Crippen LogP contribution in [-0.4, -0.2) is 41.1 Å². The van der Waals surface area contributed by atoms with Crippen LogP contribution >= 0.6 is 0 Å². The van der Waals surface area contributed by atoms with E-state index in [0.717, 1.165) is 37.2 Å². The van der Waals surface area contributed by atoms with Crippen LogP contribution in [0.4, 0.5) is 4.79 Å². The highest BCUT2D eigenvalue weighted by Gasteiger charge is 2.19. The maximum atomic E-state index is 12.1. The number of ether oxygens (including phenoxy) is 1. The molecule has 1 aromatic heterocycles. The number of hydrogen-bond acceptors (Lipinski definition) is 4. The van der Waals surface area contributed by atoms with Gasteiger partial charge in [0.05, 0.1) is 19.0 Å². The minimum absolute atomic E-state index is 0.352. The van der Waals surface area contributed by atoms with Crippen LogP contribution in [-0.2, 0) is 0 Å². The summed E-state index contributed by atoms with van der Waals surface area (Å²) in [7, 11) is 1.62. The number of hydrogen-bond donors (Lipinski definition) is 0. The number of amides is 1. The van der Waals surface area contributed by atoms with Crippen molar-refractivity contribution in [2.24, 2.45) is 0 Å². The first kappa shape index (κ1) is 14.4. The largest absolute Gasteiger partial charge is 0.496 e. The van der Waals surface area contributed by atoms with E-state index in [1.54, 1.807) is 24.3 Å². The highest BCUT2D eigenvalue weighted by Crippen LogP contribution is 2.27. The van der Waals surface area contributed by atoms with Gasteiger partial charge in [-0.25, -0.2) is 4.79 Å². The van der Waals surface area contributed by atoms with Gasteiger partial charge in [0.2, 0.25) is 0 Å². The predicted molar refractivity (Wildman–Crippen MR) is 81.6 cm³/mol. The van der Waals surface area contributed by atoms with Crippen LogP contribution in [0.25, 0.3) is 11.3 Å². The number of piperidine rings is 1. The Balaban J connectivity index is 1.72. The van der Waals surface area contributed by atoms with Crippen molar-refractivity contribution in [2.45, 2.75) is 19.3 Å². The van der Waals surface area contributed by atoms with Crippen molar-refractivity contribution in [3.63, 3.8) is 0 Å². The zero-order chi connectivity index (χ0) is 15.4. The molecule has 0 bridgehead atoms. The van der Waals surface area contributed by atoms with Gasteiger partial charge in [-0.15, -0.1) is 5.10 Å². The van der Waals surface area contributed by atoms with E-state index in [-0.39, 0.29) is 6.09 Å². The van der Waals surface area contributed by atoms with E-state index < -0.39 is 0 Å². The second kappa shape index (κ2) is 6.51. The number of aromatic nitrogens is 2. The lowest BCUT2D eigenvalue weighted by Gasteiger charge is -2.25. The fourth-order valence-electron chi connectivity index (χ4n) is 2.57. The van der Waals surface area contributed by atoms with Crippen LogP contribution in [0.2, 0.25) is 0 Å². The van der Waals surface area contributed by atoms with Crippen LogP contribution in [0, 0.1) is 0 Å². The summed E-state index contributed by atoms with van der Waals surface area (Å²) in [6.45, 7) is 1.50.